The minimum Gasteiger partial charge on any atom is -0.496 e. The number of carbonyl (C=O) groups excluding carboxylic acids is 1. The molecule has 0 fully saturated rings. The number of aliphatic hydroxyl groups excluding tert-OH is 1. The van der Waals surface area contributed by atoms with Gasteiger partial charge in [-0.15, -0.1) is 0 Å². The molecule has 5 nitrogen and oxygen atoms in total. The van der Waals surface area contributed by atoms with E-state index in [1.807, 2.05) is 0 Å². The Labute approximate surface area is 106 Å². The molecule has 18 heavy (non-hydrogen) atoms. The van der Waals surface area contributed by atoms with Crippen LogP contribution in [-0.4, -0.2) is 32.2 Å². The molecule has 1 aromatic rings. The molecule has 1 unspecified atom stereocenters. The van der Waals surface area contributed by atoms with Crippen molar-refractivity contribution in [1.82, 2.24) is 0 Å². The van der Waals surface area contributed by atoms with Crippen LogP contribution in [0.2, 0.25) is 0 Å². The number of Topliss-reactive ketones (excluding diaryl/α,β-unsaturated/α-hetero) is 1. The quantitative estimate of drug-likeness (QED) is 0.837. The van der Waals surface area contributed by atoms with Crippen LogP contribution in [0.25, 0.3) is 0 Å². The molecule has 0 aliphatic rings. The maximum atomic E-state index is 11.0. The molecule has 1 atom stereocenters. The van der Waals surface area contributed by atoms with Gasteiger partial charge in [0.2, 0.25) is 0 Å². The molecule has 1 rings (SSSR count). The van der Waals surface area contributed by atoms with Gasteiger partial charge in [-0.25, -0.2) is 0 Å². The van der Waals surface area contributed by atoms with Gasteiger partial charge in [-0.05, 0) is 13.0 Å². The Hall–Kier alpha value is -1.75. The summed E-state index contributed by atoms with van der Waals surface area (Å²) in [6, 6.07) is 3.24. The standard InChI is InChI=1S/C13H18O5/c1-8(14)5-10(15)9-6-12(17-3)13(18-4)7-11(9)16-2/h6-7,10,15H,5H2,1-4H3. The highest BCUT2D eigenvalue weighted by Gasteiger charge is 2.19. The molecule has 5 heteroatoms. The monoisotopic (exact) mass is 254 g/mol. The first-order valence-electron chi connectivity index (χ1n) is 5.50. The minimum atomic E-state index is -0.919. The van der Waals surface area contributed by atoms with Crippen molar-refractivity contribution in [2.45, 2.75) is 19.4 Å². The van der Waals surface area contributed by atoms with E-state index in [1.54, 1.807) is 12.1 Å². The summed E-state index contributed by atoms with van der Waals surface area (Å²) in [6.07, 6.45) is -0.886. The number of hydrogen-bond acceptors (Lipinski definition) is 5. The molecule has 0 heterocycles. The van der Waals surface area contributed by atoms with Crippen LogP contribution in [0, 0.1) is 0 Å². The van der Waals surface area contributed by atoms with Crippen molar-refractivity contribution in [3.05, 3.63) is 17.7 Å². The molecule has 100 valence electrons. The summed E-state index contributed by atoms with van der Waals surface area (Å²) in [4.78, 5) is 11.0. The Balaban J connectivity index is 3.20. The van der Waals surface area contributed by atoms with Gasteiger partial charge in [-0.1, -0.05) is 0 Å². The number of methoxy groups -OCH3 is 3. The van der Waals surface area contributed by atoms with Gasteiger partial charge in [0, 0.05) is 18.1 Å². The van der Waals surface area contributed by atoms with Gasteiger partial charge < -0.3 is 19.3 Å². The van der Waals surface area contributed by atoms with Crippen LogP contribution >= 0.6 is 0 Å². The van der Waals surface area contributed by atoms with Crippen LogP contribution in [0.15, 0.2) is 12.1 Å². The molecule has 0 amide bonds. The van der Waals surface area contributed by atoms with E-state index in [4.69, 9.17) is 14.2 Å². The van der Waals surface area contributed by atoms with Crippen LogP contribution in [-0.2, 0) is 4.79 Å². The zero-order chi connectivity index (χ0) is 13.7. The van der Waals surface area contributed by atoms with Crippen molar-refractivity contribution in [1.29, 1.82) is 0 Å². The van der Waals surface area contributed by atoms with Gasteiger partial charge in [0.25, 0.3) is 0 Å². The first-order valence-corrected chi connectivity index (χ1v) is 5.50. The van der Waals surface area contributed by atoms with E-state index in [0.717, 1.165) is 0 Å². The van der Waals surface area contributed by atoms with Gasteiger partial charge in [-0.2, -0.15) is 0 Å². The molecule has 0 aliphatic heterocycles. The van der Waals surface area contributed by atoms with E-state index < -0.39 is 6.10 Å². The summed E-state index contributed by atoms with van der Waals surface area (Å²) >= 11 is 0. The van der Waals surface area contributed by atoms with Gasteiger partial charge in [0.1, 0.15) is 11.5 Å². The zero-order valence-electron chi connectivity index (χ0n) is 11.0. The van der Waals surface area contributed by atoms with Crippen LogP contribution in [0.4, 0.5) is 0 Å². The number of ether oxygens (including phenoxy) is 3. The number of carbonyl (C=O) groups is 1. The molecule has 1 aromatic carbocycles. The molecule has 0 radical (unpaired) electrons. The largest absolute Gasteiger partial charge is 0.496 e. The normalized spacial score (nSPS) is 11.8. The topological polar surface area (TPSA) is 65.0 Å². The number of benzene rings is 1. The average Bonchev–Trinajstić information content (AvgIpc) is 2.36. The van der Waals surface area contributed by atoms with E-state index in [1.165, 1.54) is 28.3 Å². The van der Waals surface area contributed by atoms with Gasteiger partial charge in [0.15, 0.2) is 11.5 Å². The summed E-state index contributed by atoms with van der Waals surface area (Å²) < 4.78 is 15.5. The number of aliphatic hydroxyl groups is 1. The molecule has 0 spiro atoms. The Kier molecular flexibility index (Phi) is 4.97. The van der Waals surface area contributed by atoms with Crippen molar-refractivity contribution in [2.75, 3.05) is 21.3 Å². The fourth-order valence-corrected chi connectivity index (χ4v) is 1.70. The summed E-state index contributed by atoms with van der Waals surface area (Å²) in [5.74, 6) is 1.35. The third-order valence-electron chi connectivity index (χ3n) is 2.58. The Morgan fingerprint density at radius 1 is 1.11 bits per heavy atom. The van der Waals surface area contributed by atoms with Gasteiger partial charge >= 0.3 is 0 Å². The molecule has 0 bridgehead atoms. The van der Waals surface area contributed by atoms with Crippen molar-refractivity contribution >= 4 is 5.78 Å². The average molecular weight is 254 g/mol. The van der Waals surface area contributed by atoms with Crippen molar-refractivity contribution < 1.29 is 24.1 Å². The molecule has 1 N–H and O–H groups in total. The van der Waals surface area contributed by atoms with Crippen LogP contribution in [0.3, 0.4) is 0 Å². The molecule has 0 saturated carbocycles. The van der Waals surface area contributed by atoms with Crippen LogP contribution in [0.5, 0.6) is 17.2 Å². The molecular weight excluding hydrogens is 236 g/mol. The second-order valence-corrected chi connectivity index (χ2v) is 3.87. The lowest BCUT2D eigenvalue weighted by atomic mass is 10.0. The lowest BCUT2D eigenvalue weighted by Gasteiger charge is -2.17. The smallest absolute Gasteiger partial charge is 0.164 e. The summed E-state index contributed by atoms with van der Waals surface area (Å²) in [5, 5.41) is 9.99. The second-order valence-electron chi connectivity index (χ2n) is 3.87. The molecule has 0 saturated heterocycles. The highest BCUT2D eigenvalue weighted by Crippen LogP contribution is 2.38. The van der Waals surface area contributed by atoms with Crippen LogP contribution in [0.1, 0.15) is 25.0 Å². The summed E-state index contributed by atoms with van der Waals surface area (Å²) in [5.41, 5.74) is 0.505. The van der Waals surface area contributed by atoms with E-state index in [2.05, 4.69) is 0 Å². The fraction of sp³-hybridized carbons (Fsp3) is 0.462. The van der Waals surface area contributed by atoms with E-state index in [0.29, 0.717) is 22.8 Å². The molecular formula is C13H18O5. The minimum absolute atomic E-state index is 0.0336. The van der Waals surface area contributed by atoms with Crippen molar-refractivity contribution in [3.63, 3.8) is 0 Å². The van der Waals surface area contributed by atoms with E-state index in [9.17, 15) is 9.90 Å². The van der Waals surface area contributed by atoms with Gasteiger partial charge in [-0.3, -0.25) is 4.79 Å². The second kappa shape index (κ2) is 6.26. The fourth-order valence-electron chi connectivity index (χ4n) is 1.70. The number of rotatable bonds is 6. The Bertz CT molecular complexity index is 428. The molecule has 0 aromatic heterocycles. The van der Waals surface area contributed by atoms with Gasteiger partial charge in [0.05, 0.1) is 27.4 Å². The maximum absolute atomic E-state index is 11.0. The third-order valence-corrected chi connectivity index (χ3v) is 2.58. The van der Waals surface area contributed by atoms with Crippen molar-refractivity contribution in [2.24, 2.45) is 0 Å². The molecule has 0 aliphatic carbocycles. The number of hydrogen-bond donors (Lipinski definition) is 1. The Morgan fingerprint density at radius 3 is 2.06 bits per heavy atom. The first kappa shape index (κ1) is 14.3. The van der Waals surface area contributed by atoms with E-state index in [-0.39, 0.29) is 12.2 Å². The lowest BCUT2D eigenvalue weighted by molar-refractivity contribution is -0.118. The predicted octanol–water partition coefficient (Wildman–Crippen LogP) is 1.72. The first-order chi connectivity index (χ1) is 8.53. The third kappa shape index (κ3) is 3.13. The highest BCUT2D eigenvalue weighted by atomic mass is 16.5. The SMILES string of the molecule is COc1cc(OC)c(C(O)CC(C)=O)cc1OC. The van der Waals surface area contributed by atoms with Crippen LogP contribution < -0.4 is 14.2 Å². The predicted molar refractivity (Wildman–Crippen MR) is 66.4 cm³/mol. The van der Waals surface area contributed by atoms with Crippen molar-refractivity contribution in [3.8, 4) is 17.2 Å². The Morgan fingerprint density at radius 2 is 1.61 bits per heavy atom. The number of ketones is 1. The lowest BCUT2D eigenvalue weighted by Crippen LogP contribution is -2.06. The summed E-state index contributed by atoms with van der Waals surface area (Å²) in [6.45, 7) is 1.43. The maximum Gasteiger partial charge on any atom is 0.164 e. The van der Waals surface area contributed by atoms with E-state index >= 15 is 0 Å². The highest BCUT2D eigenvalue weighted by molar-refractivity contribution is 5.76. The zero-order valence-corrected chi connectivity index (χ0v) is 11.0. The summed E-state index contributed by atoms with van der Waals surface area (Å²) in [7, 11) is 4.51.